The number of hydrogen-bond acceptors (Lipinski definition) is 7. The molecule has 39 heavy (non-hydrogen) atoms. The van der Waals surface area contributed by atoms with Crippen LogP contribution in [0, 0.1) is 0 Å². The van der Waals surface area contributed by atoms with Gasteiger partial charge < -0.3 is 10.3 Å². The van der Waals surface area contributed by atoms with Crippen molar-refractivity contribution in [1.29, 1.82) is 0 Å². The van der Waals surface area contributed by atoms with Gasteiger partial charge in [-0.05, 0) is 73.4 Å². The van der Waals surface area contributed by atoms with Crippen LogP contribution in [0.25, 0.3) is 11.0 Å². The highest BCUT2D eigenvalue weighted by Crippen LogP contribution is 2.43. The molecule has 0 bridgehead atoms. The molecule has 0 atom stereocenters. The number of carbonyl (C=O) groups excluding carboxylic acids is 1. The van der Waals surface area contributed by atoms with Gasteiger partial charge in [0, 0.05) is 36.4 Å². The van der Waals surface area contributed by atoms with Crippen LogP contribution < -0.4 is 5.32 Å². The highest BCUT2D eigenvalue weighted by Gasteiger charge is 2.29. The molecular formula is C28H28ClN9O. The molecule has 11 heteroatoms. The molecule has 5 heterocycles. The van der Waals surface area contributed by atoms with Crippen LogP contribution >= 0.6 is 11.6 Å². The lowest BCUT2D eigenvalue weighted by atomic mass is 10.0. The Morgan fingerprint density at radius 3 is 2.79 bits per heavy atom. The number of aryl methyl sites for hydroxylation is 2. The van der Waals surface area contributed by atoms with E-state index in [1.54, 1.807) is 17.1 Å². The molecule has 0 aliphatic heterocycles. The molecule has 5 aromatic rings. The predicted octanol–water partition coefficient (Wildman–Crippen LogP) is 4.41. The molecule has 0 radical (unpaired) electrons. The van der Waals surface area contributed by atoms with Crippen molar-refractivity contribution >= 4 is 28.5 Å². The molecule has 1 amide bonds. The number of aromatic nitrogens is 8. The second kappa shape index (κ2) is 11.3. The maximum absolute atomic E-state index is 12.4. The summed E-state index contributed by atoms with van der Waals surface area (Å²) in [6, 6.07) is 11.6. The van der Waals surface area contributed by atoms with Crippen molar-refractivity contribution in [3.63, 3.8) is 0 Å². The van der Waals surface area contributed by atoms with Crippen LogP contribution in [-0.2, 0) is 25.9 Å². The number of halogens is 1. The highest BCUT2D eigenvalue weighted by molar-refractivity contribution is 6.29. The molecule has 1 aliphatic rings. The van der Waals surface area contributed by atoms with Crippen LogP contribution in [0.2, 0.25) is 5.15 Å². The summed E-state index contributed by atoms with van der Waals surface area (Å²) in [5.41, 5.74) is 6.57. The van der Waals surface area contributed by atoms with E-state index in [2.05, 4.69) is 46.8 Å². The molecule has 0 spiro atoms. The zero-order chi connectivity index (χ0) is 26.6. The van der Waals surface area contributed by atoms with E-state index in [4.69, 9.17) is 11.6 Å². The number of unbranched alkanes of at least 4 members (excludes halogenated alkanes) is 1. The number of rotatable bonds is 11. The van der Waals surface area contributed by atoms with Crippen molar-refractivity contribution in [3.8, 4) is 0 Å². The Hall–Kier alpha value is -4.18. The molecule has 0 unspecified atom stereocenters. The first-order chi connectivity index (χ1) is 19.1. The number of pyridine rings is 2. The van der Waals surface area contributed by atoms with Gasteiger partial charge in [0.2, 0.25) is 0 Å². The molecule has 1 saturated carbocycles. The van der Waals surface area contributed by atoms with E-state index in [0.717, 1.165) is 53.7 Å². The Labute approximate surface area is 230 Å². The smallest absolute Gasteiger partial charge is 0.273 e. The normalized spacial score (nSPS) is 13.2. The summed E-state index contributed by atoms with van der Waals surface area (Å²) in [5, 5.41) is 21.6. The first-order valence-electron chi connectivity index (χ1n) is 13.2. The number of nitrogens with one attached hydrogen (secondary N) is 2. The SMILES string of the molecule is O=C(NCc1ccccn1)c1cn(CCCCc2cc3c(Cc4ccc(Cl)nc4)c(C4CC4)[nH]c3nn2)nn1. The number of aromatic amines is 1. The third kappa shape index (κ3) is 6.12. The zero-order valence-electron chi connectivity index (χ0n) is 21.3. The molecule has 6 rings (SSSR count). The quantitative estimate of drug-likeness (QED) is 0.187. The van der Waals surface area contributed by atoms with E-state index < -0.39 is 0 Å². The zero-order valence-corrected chi connectivity index (χ0v) is 22.1. The first kappa shape index (κ1) is 25.1. The molecule has 1 aliphatic carbocycles. The van der Waals surface area contributed by atoms with Crippen LogP contribution in [0.1, 0.15) is 70.3 Å². The van der Waals surface area contributed by atoms with Gasteiger partial charge >= 0.3 is 0 Å². The summed E-state index contributed by atoms with van der Waals surface area (Å²) in [6.45, 7) is 1.01. The fourth-order valence-electron chi connectivity index (χ4n) is 4.71. The van der Waals surface area contributed by atoms with Crippen molar-refractivity contribution in [2.45, 2.75) is 57.5 Å². The molecule has 2 N–H and O–H groups in total. The lowest BCUT2D eigenvalue weighted by molar-refractivity contribution is 0.0945. The minimum absolute atomic E-state index is 0.266. The van der Waals surface area contributed by atoms with Crippen LogP contribution in [0.4, 0.5) is 0 Å². The Kier molecular flexibility index (Phi) is 7.27. The van der Waals surface area contributed by atoms with Crippen molar-refractivity contribution < 1.29 is 4.79 Å². The predicted molar refractivity (Wildman–Crippen MR) is 146 cm³/mol. The van der Waals surface area contributed by atoms with Gasteiger partial charge in [0.1, 0.15) is 5.15 Å². The van der Waals surface area contributed by atoms with Gasteiger partial charge in [-0.1, -0.05) is 28.9 Å². The van der Waals surface area contributed by atoms with E-state index in [1.807, 2.05) is 36.5 Å². The number of fused-ring (bicyclic) bond motifs is 1. The van der Waals surface area contributed by atoms with E-state index in [9.17, 15) is 4.79 Å². The molecule has 10 nitrogen and oxygen atoms in total. The van der Waals surface area contributed by atoms with Gasteiger partial charge in [-0.15, -0.1) is 10.2 Å². The summed E-state index contributed by atoms with van der Waals surface area (Å²) in [5.74, 6) is 0.306. The Balaban J connectivity index is 1.05. The molecule has 5 aromatic heterocycles. The summed E-state index contributed by atoms with van der Waals surface area (Å²) in [7, 11) is 0. The number of H-pyrrole nitrogens is 1. The van der Waals surface area contributed by atoms with E-state index in [-0.39, 0.29) is 5.91 Å². The summed E-state index contributed by atoms with van der Waals surface area (Å²) < 4.78 is 1.71. The van der Waals surface area contributed by atoms with Gasteiger partial charge in [-0.25, -0.2) is 4.98 Å². The summed E-state index contributed by atoms with van der Waals surface area (Å²) in [4.78, 5) is 24.4. The summed E-state index contributed by atoms with van der Waals surface area (Å²) >= 11 is 5.99. The Morgan fingerprint density at radius 1 is 1.08 bits per heavy atom. The maximum atomic E-state index is 12.4. The van der Waals surface area contributed by atoms with Crippen molar-refractivity contribution in [1.82, 2.24) is 45.5 Å². The van der Waals surface area contributed by atoms with Crippen molar-refractivity contribution in [2.24, 2.45) is 0 Å². The van der Waals surface area contributed by atoms with Crippen molar-refractivity contribution in [3.05, 3.63) is 94.0 Å². The topological polar surface area (TPSA) is 127 Å². The fourth-order valence-corrected chi connectivity index (χ4v) is 4.82. The lowest BCUT2D eigenvalue weighted by Crippen LogP contribution is -2.23. The fraction of sp³-hybridized carbons (Fsp3) is 0.321. The monoisotopic (exact) mass is 541 g/mol. The standard InChI is InChI=1S/C28H28ClN9O/c29-25-10-7-18(15-31-25)13-22-23-14-20(34-36-27(23)33-26(22)19-8-9-19)5-2-4-12-38-17-24(35-37-38)28(39)32-16-21-6-1-3-11-30-21/h1,3,6-7,10-11,14-15,17,19H,2,4-5,8-9,12-13,16H2,(H,32,39)(H,33,36). The minimum Gasteiger partial charge on any atom is -0.345 e. The van der Waals surface area contributed by atoms with Crippen LogP contribution in [0.15, 0.2) is 55.0 Å². The number of hydrogen-bond donors (Lipinski definition) is 2. The number of carbonyl (C=O) groups is 1. The average molecular weight is 542 g/mol. The van der Waals surface area contributed by atoms with Gasteiger partial charge in [0.25, 0.3) is 5.91 Å². The third-order valence-corrected chi connectivity index (χ3v) is 7.12. The highest BCUT2D eigenvalue weighted by atomic mass is 35.5. The summed E-state index contributed by atoms with van der Waals surface area (Å²) in [6.07, 6.45) is 11.0. The van der Waals surface area contributed by atoms with Crippen LogP contribution in [0.5, 0.6) is 0 Å². The van der Waals surface area contributed by atoms with Gasteiger partial charge in [-0.3, -0.25) is 14.5 Å². The second-order valence-electron chi connectivity index (χ2n) is 9.88. The van der Waals surface area contributed by atoms with E-state index in [1.165, 1.54) is 24.1 Å². The Bertz CT molecular complexity index is 1580. The van der Waals surface area contributed by atoms with Crippen LogP contribution in [0.3, 0.4) is 0 Å². The number of nitrogens with zero attached hydrogens (tertiary/aromatic N) is 7. The molecule has 1 fully saturated rings. The third-order valence-electron chi connectivity index (χ3n) is 6.90. The van der Waals surface area contributed by atoms with Gasteiger partial charge in [-0.2, -0.15) is 5.10 Å². The molecule has 0 saturated heterocycles. The average Bonchev–Trinajstić information content (AvgIpc) is 3.59. The maximum Gasteiger partial charge on any atom is 0.273 e. The Morgan fingerprint density at radius 2 is 2.00 bits per heavy atom. The first-order valence-corrected chi connectivity index (χ1v) is 13.6. The largest absolute Gasteiger partial charge is 0.345 e. The number of amides is 1. The van der Waals surface area contributed by atoms with Crippen molar-refractivity contribution in [2.75, 3.05) is 0 Å². The van der Waals surface area contributed by atoms with Gasteiger partial charge in [0.05, 0.1) is 24.1 Å². The molecule has 198 valence electrons. The van der Waals surface area contributed by atoms with E-state index >= 15 is 0 Å². The minimum atomic E-state index is -0.266. The van der Waals surface area contributed by atoms with E-state index in [0.29, 0.717) is 29.9 Å². The molecule has 0 aromatic carbocycles. The molecular weight excluding hydrogens is 514 g/mol. The lowest BCUT2D eigenvalue weighted by Gasteiger charge is -2.05. The second-order valence-corrected chi connectivity index (χ2v) is 10.3. The van der Waals surface area contributed by atoms with Crippen LogP contribution in [-0.4, -0.2) is 46.1 Å². The van der Waals surface area contributed by atoms with Gasteiger partial charge in [0.15, 0.2) is 11.3 Å².